The fourth-order valence-corrected chi connectivity index (χ4v) is 2.75. The molecular weight excluding hydrogens is 372 g/mol. The average Bonchev–Trinajstić information content (AvgIpc) is 2.96. The Balaban J connectivity index is 1.55. The lowest BCUT2D eigenvalue weighted by Gasteiger charge is -2.15. The van der Waals surface area contributed by atoms with Crippen molar-refractivity contribution >= 4 is 33.4 Å². The number of hydrogen-bond acceptors (Lipinski definition) is 3. The topological polar surface area (TPSA) is 58.6 Å². The normalized spacial score (nSPS) is 13.9. The maximum absolute atomic E-state index is 12.0. The van der Waals surface area contributed by atoms with Crippen molar-refractivity contribution in [2.75, 3.05) is 18.4 Å². The van der Waals surface area contributed by atoms with E-state index in [1.54, 1.807) is 29.2 Å². The molecule has 2 aromatic carbocycles. The van der Waals surface area contributed by atoms with Crippen LogP contribution < -0.4 is 10.1 Å². The Labute approximate surface area is 148 Å². The standard InChI is InChI=1S/C18H17BrN2O3/c19-13-3-7-15(8-4-13)24-16-9-5-14(6-10-16)20-17(22)12-21-11-1-2-18(21)23/h3-10H,1-2,11-12H2,(H,20,22). The molecule has 0 bridgehead atoms. The van der Waals surface area contributed by atoms with E-state index in [1.165, 1.54) is 0 Å². The summed E-state index contributed by atoms with van der Waals surface area (Å²) in [4.78, 5) is 25.1. The Morgan fingerprint density at radius 1 is 1.08 bits per heavy atom. The number of rotatable bonds is 5. The van der Waals surface area contributed by atoms with Crippen LogP contribution in [0.1, 0.15) is 12.8 Å². The number of nitrogens with one attached hydrogen (secondary N) is 1. The van der Waals surface area contributed by atoms with Crippen molar-refractivity contribution in [1.82, 2.24) is 4.90 Å². The average molecular weight is 389 g/mol. The van der Waals surface area contributed by atoms with E-state index in [-0.39, 0.29) is 18.4 Å². The van der Waals surface area contributed by atoms with Crippen LogP contribution in [-0.2, 0) is 9.59 Å². The first-order chi connectivity index (χ1) is 11.6. The third-order valence-corrected chi connectivity index (χ3v) is 4.22. The van der Waals surface area contributed by atoms with Gasteiger partial charge in [-0.2, -0.15) is 0 Å². The van der Waals surface area contributed by atoms with Crippen molar-refractivity contribution in [1.29, 1.82) is 0 Å². The molecule has 0 spiro atoms. The Bertz CT molecular complexity index is 729. The van der Waals surface area contributed by atoms with Gasteiger partial charge in [0.1, 0.15) is 11.5 Å². The summed E-state index contributed by atoms with van der Waals surface area (Å²) < 4.78 is 6.72. The molecule has 1 saturated heterocycles. The molecule has 6 heteroatoms. The molecule has 5 nitrogen and oxygen atoms in total. The van der Waals surface area contributed by atoms with E-state index in [0.717, 1.165) is 16.6 Å². The molecule has 1 heterocycles. The van der Waals surface area contributed by atoms with Gasteiger partial charge in [0.15, 0.2) is 0 Å². The zero-order valence-corrected chi connectivity index (χ0v) is 14.6. The summed E-state index contributed by atoms with van der Waals surface area (Å²) in [6.07, 6.45) is 1.36. The lowest BCUT2D eigenvalue weighted by molar-refractivity contribution is -0.131. The van der Waals surface area contributed by atoms with Gasteiger partial charge in [0.2, 0.25) is 11.8 Å². The third kappa shape index (κ3) is 4.35. The summed E-state index contributed by atoms with van der Waals surface area (Å²) in [6.45, 7) is 0.766. The molecule has 24 heavy (non-hydrogen) atoms. The van der Waals surface area contributed by atoms with Crippen LogP contribution in [0.5, 0.6) is 11.5 Å². The minimum Gasteiger partial charge on any atom is -0.457 e. The first kappa shape index (κ1) is 16.5. The van der Waals surface area contributed by atoms with Gasteiger partial charge in [-0.25, -0.2) is 0 Å². The van der Waals surface area contributed by atoms with Crippen LogP contribution in [-0.4, -0.2) is 29.8 Å². The monoisotopic (exact) mass is 388 g/mol. The van der Waals surface area contributed by atoms with E-state index in [9.17, 15) is 9.59 Å². The highest BCUT2D eigenvalue weighted by molar-refractivity contribution is 9.10. The lowest BCUT2D eigenvalue weighted by atomic mass is 10.3. The fraction of sp³-hybridized carbons (Fsp3) is 0.222. The van der Waals surface area contributed by atoms with Crippen LogP contribution in [0, 0.1) is 0 Å². The van der Waals surface area contributed by atoms with Crippen molar-refractivity contribution < 1.29 is 14.3 Å². The van der Waals surface area contributed by atoms with Gasteiger partial charge in [-0.05, 0) is 55.0 Å². The van der Waals surface area contributed by atoms with Gasteiger partial charge in [-0.1, -0.05) is 15.9 Å². The Morgan fingerprint density at radius 2 is 1.71 bits per heavy atom. The minimum atomic E-state index is -0.188. The van der Waals surface area contributed by atoms with Crippen molar-refractivity contribution in [3.8, 4) is 11.5 Å². The molecule has 0 unspecified atom stereocenters. The maximum atomic E-state index is 12.0. The second-order valence-corrected chi connectivity index (χ2v) is 6.46. The van der Waals surface area contributed by atoms with Gasteiger partial charge in [0.25, 0.3) is 0 Å². The van der Waals surface area contributed by atoms with E-state index in [0.29, 0.717) is 24.4 Å². The van der Waals surface area contributed by atoms with Gasteiger partial charge >= 0.3 is 0 Å². The number of carbonyl (C=O) groups excluding carboxylic acids is 2. The zero-order valence-electron chi connectivity index (χ0n) is 13.0. The van der Waals surface area contributed by atoms with Gasteiger partial charge < -0.3 is 15.0 Å². The van der Waals surface area contributed by atoms with Gasteiger partial charge in [0.05, 0.1) is 6.54 Å². The maximum Gasteiger partial charge on any atom is 0.243 e. The molecule has 1 aliphatic rings. The number of ether oxygens (including phenoxy) is 1. The summed E-state index contributed by atoms with van der Waals surface area (Å²) in [5, 5.41) is 2.79. The number of amides is 2. The number of anilines is 1. The number of hydrogen-bond donors (Lipinski definition) is 1. The molecule has 0 aromatic heterocycles. The predicted octanol–water partition coefficient (Wildman–Crippen LogP) is 3.80. The van der Waals surface area contributed by atoms with Crippen LogP contribution in [0.15, 0.2) is 53.0 Å². The van der Waals surface area contributed by atoms with E-state index in [2.05, 4.69) is 21.2 Å². The summed E-state index contributed by atoms with van der Waals surface area (Å²) in [6, 6.07) is 14.7. The second-order valence-electron chi connectivity index (χ2n) is 5.55. The van der Waals surface area contributed by atoms with Crippen LogP contribution in [0.2, 0.25) is 0 Å². The van der Waals surface area contributed by atoms with Crippen LogP contribution in [0.3, 0.4) is 0 Å². The van der Waals surface area contributed by atoms with Crippen molar-refractivity contribution in [2.45, 2.75) is 12.8 Å². The van der Waals surface area contributed by atoms with E-state index in [1.807, 2.05) is 24.3 Å². The third-order valence-electron chi connectivity index (χ3n) is 3.69. The molecule has 1 N–H and O–H groups in total. The molecular formula is C18H17BrN2O3. The Kier molecular flexibility index (Phi) is 5.15. The van der Waals surface area contributed by atoms with Gasteiger partial charge in [-0.3, -0.25) is 9.59 Å². The van der Waals surface area contributed by atoms with Crippen LogP contribution >= 0.6 is 15.9 Å². The molecule has 0 radical (unpaired) electrons. The quantitative estimate of drug-likeness (QED) is 0.846. The van der Waals surface area contributed by atoms with Gasteiger partial charge in [0, 0.05) is 23.1 Å². The number of carbonyl (C=O) groups is 2. The first-order valence-corrected chi connectivity index (χ1v) is 8.50. The smallest absolute Gasteiger partial charge is 0.243 e. The second kappa shape index (κ2) is 7.49. The predicted molar refractivity (Wildman–Crippen MR) is 95.1 cm³/mol. The largest absolute Gasteiger partial charge is 0.457 e. The van der Waals surface area contributed by atoms with Crippen molar-refractivity contribution in [2.24, 2.45) is 0 Å². The van der Waals surface area contributed by atoms with E-state index < -0.39 is 0 Å². The number of likely N-dealkylation sites (tertiary alicyclic amines) is 1. The molecule has 1 fully saturated rings. The highest BCUT2D eigenvalue weighted by Gasteiger charge is 2.22. The van der Waals surface area contributed by atoms with Crippen molar-refractivity contribution in [3.05, 3.63) is 53.0 Å². The Morgan fingerprint density at radius 3 is 2.29 bits per heavy atom. The zero-order chi connectivity index (χ0) is 16.9. The molecule has 2 aromatic rings. The molecule has 0 aliphatic carbocycles. The molecule has 0 saturated carbocycles. The summed E-state index contributed by atoms with van der Waals surface area (Å²) in [7, 11) is 0. The highest BCUT2D eigenvalue weighted by Crippen LogP contribution is 2.24. The summed E-state index contributed by atoms with van der Waals surface area (Å²) in [5.74, 6) is 1.28. The lowest BCUT2D eigenvalue weighted by Crippen LogP contribution is -2.33. The van der Waals surface area contributed by atoms with E-state index >= 15 is 0 Å². The SMILES string of the molecule is O=C(CN1CCCC1=O)Nc1ccc(Oc2ccc(Br)cc2)cc1. The molecule has 124 valence electrons. The highest BCUT2D eigenvalue weighted by atomic mass is 79.9. The number of nitrogens with zero attached hydrogens (tertiary/aromatic N) is 1. The van der Waals surface area contributed by atoms with Crippen LogP contribution in [0.25, 0.3) is 0 Å². The molecule has 1 aliphatic heterocycles. The van der Waals surface area contributed by atoms with E-state index in [4.69, 9.17) is 4.74 Å². The van der Waals surface area contributed by atoms with Gasteiger partial charge in [-0.15, -0.1) is 0 Å². The number of halogens is 1. The summed E-state index contributed by atoms with van der Waals surface area (Å²) >= 11 is 3.38. The van der Waals surface area contributed by atoms with Crippen molar-refractivity contribution in [3.63, 3.8) is 0 Å². The number of benzene rings is 2. The summed E-state index contributed by atoms with van der Waals surface area (Å²) in [5.41, 5.74) is 0.676. The fourth-order valence-electron chi connectivity index (χ4n) is 2.49. The minimum absolute atomic E-state index is 0.0448. The molecule has 2 amide bonds. The first-order valence-electron chi connectivity index (χ1n) is 7.71. The molecule has 3 rings (SSSR count). The van der Waals surface area contributed by atoms with Crippen LogP contribution in [0.4, 0.5) is 5.69 Å². The Hall–Kier alpha value is -2.34. The molecule has 0 atom stereocenters.